The summed E-state index contributed by atoms with van der Waals surface area (Å²) >= 11 is 9.15. The fraction of sp³-hybridized carbons (Fsp3) is 0.400. The Kier molecular flexibility index (Phi) is 5.05. The summed E-state index contributed by atoms with van der Waals surface area (Å²) in [6, 6.07) is 1.61. The van der Waals surface area contributed by atoms with Crippen LogP contribution >= 0.6 is 27.5 Å². The maximum atomic E-state index is 11.3. The minimum absolute atomic E-state index is 0.0758. The maximum Gasteiger partial charge on any atom is 0.171 e. The predicted molar refractivity (Wildman–Crippen MR) is 63.2 cm³/mol. The number of ether oxygens (including phenoxy) is 1. The minimum atomic E-state index is -0.0758. The molecule has 0 unspecified atom stereocenters. The van der Waals surface area contributed by atoms with Gasteiger partial charge in [0, 0.05) is 11.5 Å². The number of hydrogen-bond acceptors (Lipinski definition) is 3. The molecule has 0 aromatic carbocycles. The van der Waals surface area contributed by atoms with Crippen molar-refractivity contribution in [2.75, 3.05) is 11.9 Å². The first-order chi connectivity index (χ1) is 7.16. The van der Waals surface area contributed by atoms with E-state index in [1.807, 2.05) is 0 Å². The quantitative estimate of drug-likeness (QED) is 0.362. The number of carbonyl (C=O) groups is 1. The molecular weight excluding hydrogens is 281 g/mol. The van der Waals surface area contributed by atoms with E-state index < -0.39 is 0 Å². The molecule has 82 valence electrons. The molecule has 0 atom stereocenters. The Balaban J connectivity index is 2.87. The summed E-state index contributed by atoms with van der Waals surface area (Å²) in [7, 11) is 0. The third-order valence-electron chi connectivity index (χ3n) is 1.76. The van der Waals surface area contributed by atoms with Crippen molar-refractivity contribution < 1.29 is 9.53 Å². The number of carbonyl (C=O) groups excluding carboxylic acids is 1. The molecule has 15 heavy (non-hydrogen) atoms. The highest BCUT2D eigenvalue weighted by Gasteiger charge is 2.12. The van der Waals surface area contributed by atoms with Gasteiger partial charge in [-0.25, -0.2) is 4.98 Å². The van der Waals surface area contributed by atoms with Gasteiger partial charge in [0.1, 0.15) is 0 Å². The molecule has 1 aromatic rings. The summed E-state index contributed by atoms with van der Waals surface area (Å²) < 4.78 is 5.42. The van der Waals surface area contributed by atoms with E-state index >= 15 is 0 Å². The third kappa shape index (κ3) is 3.47. The van der Waals surface area contributed by atoms with Crippen LogP contribution < -0.4 is 4.74 Å². The van der Waals surface area contributed by atoms with Gasteiger partial charge in [-0.05, 0) is 19.4 Å². The smallest absolute Gasteiger partial charge is 0.171 e. The second kappa shape index (κ2) is 6.08. The zero-order chi connectivity index (χ0) is 11.3. The molecule has 5 heteroatoms. The normalized spacial score (nSPS) is 10.1. The van der Waals surface area contributed by atoms with Gasteiger partial charge in [-0.3, -0.25) is 4.79 Å². The molecule has 1 aromatic heterocycles. The summed E-state index contributed by atoms with van der Waals surface area (Å²) in [6.45, 7) is 1.99. The highest BCUT2D eigenvalue weighted by molar-refractivity contribution is 9.09. The summed E-state index contributed by atoms with van der Waals surface area (Å²) in [6.07, 6.45) is 2.35. The van der Waals surface area contributed by atoms with E-state index in [2.05, 4.69) is 20.9 Å². The zero-order valence-corrected chi connectivity index (χ0v) is 10.6. The molecule has 0 amide bonds. The summed E-state index contributed by atoms with van der Waals surface area (Å²) in [5, 5.41) is 1.08. The summed E-state index contributed by atoms with van der Waals surface area (Å²) in [5.41, 5.74) is 0.476. The van der Waals surface area contributed by atoms with Crippen molar-refractivity contribution in [3.63, 3.8) is 0 Å². The van der Waals surface area contributed by atoms with E-state index in [-0.39, 0.29) is 10.9 Å². The largest absolute Gasteiger partial charge is 0.490 e. The van der Waals surface area contributed by atoms with Crippen molar-refractivity contribution in [2.45, 2.75) is 13.3 Å². The highest BCUT2D eigenvalue weighted by atomic mass is 79.9. The van der Waals surface area contributed by atoms with Crippen LogP contribution in [0.4, 0.5) is 0 Å². The first kappa shape index (κ1) is 12.5. The summed E-state index contributed by atoms with van der Waals surface area (Å²) in [4.78, 5) is 15.2. The number of halogens is 2. The van der Waals surface area contributed by atoms with E-state index in [1.54, 1.807) is 6.07 Å². The maximum absolute atomic E-state index is 11.3. The van der Waals surface area contributed by atoms with Gasteiger partial charge in [-0.2, -0.15) is 0 Å². The predicted octanol–water partition coefficient (Wildman–Crippen LogP) is 3.10. The van der Waals surface area contributed by atoms with E-state index in [9.17, 15) is 4.79 Å². The van der Waals surface area contributed by atoms with Crippen molar-refractivity contribution in [2.24, 2.45) is 0 Å². The molecule has 0 N–H and O–H groups in total. The molecule has 0 radical (unpaired) electrons. The zero-order valence-electron chi connectivity index (χ0n) is 8.30. The highest BCUT2D eigenvalue weighted by Crippen LogP contribution is 2.26. The number of nitrogens with zero attached hydrogens (tertiary/aromatic N) is 1. The Morgan fingerprint density at radius 1 is 1.67 bits per heavy atom. The monoisotopic (exact) mass is 291 g/mol. The van der Waals surface area contributed by atoms with E-state index in [4.69, 9.17) is 16.3 Å². The lowest BCUT2D eigenvalue weighted by atomic mass is 10.2. The molecule has 3 nitrogen and oxygen atoms in total. The lowest BCUT2D eigenvalue weighted by Gasteiger charge is -2.09. The molecule has 0 aliphatic carbocycles. The van der Waals surface area contributed by atoms with Crippen LogP contribution in [0.25, 0.3) is 0 Å². The van der Waals surface area contributed by atoms with Gasteiger partial charge >= 0.3 is 0 Å². The molecule has 1 heterocycles. The van der Waals surface area contributed by atoms with Gasteiger partial charge in [-0.1, -0.05) is 27.5 Å². The van der Waals surface area contributed by atoms with E-state index in [0.717, 1.165) is 11.8 Å². The number of ketones is 1. The number of hydrogen-bond donors (Lipinski definition) is 0. The number of alkyl halides is 1. The SMILES string of the molecule is CC(=O)c1ccnc(Cl)c1OCCCBr. The Morgan fingerprint density at radius 3 is 3.00 bits per heavy atom. The first-order valence-corrected chi connectivity index (χ1v) is 6.01. The molecule has 0 spiro atoms. The van der Waals surface area contributed by atoms with Crippen LogP contribution in [0.15, 0.2) is 12.3 Å². The second-order valence-electron chi connectivity index (χ2n) is 2.93. The number of rotatable bonds is 5. The van der Waals surface area contributed by atoms with Gasteiger partial charge in [0.05, 0.1) is 12.2 Å². The topological polar surface area (TPSA) is 39.2 Å². The van der Waals surface area contributed by atoms with Crippen LogP contribution in [0.2, 0.25) is 5.15 Å². The van der Waals surface area contributed by atoms with Gasteiger partial charge < -0.3 is 4.74 Å². The van der Waals surface area contributed by atoms with Crippen LogP contribution in [-0.4, -0.2) is 22.7 Å². The van der Waals surface area contributed by atoms with Crippen LogP contribution in [-0.2, 0) is 0 Å². The molecule has 0 bridgehead atoms. The van der Waals surface area contributed by atoms with Crippen molar-refractivity contribution in [3.05, 3.63) is 23.0 Å². The fourth-order valence-electron chi connectivity index (χ4n) is 1.07. The van der Waals surface area contributed by atoms with Crippen molar-refractivity contribution >= 4 is 33.3 Å². The molecule has 0 aliphatic rings. The van der Waals surface area contributed by atoms with E-state index in [0.29, 0.717) is 17.9 Å². The van der Waals surface area contributed by atoms with Crippen molar-refractivity contribution in [3.8, 4) is 5.75 Å². The van der Waals surface area contributed by atoms with Crippen LogP contribution in [0, 0.1) is 0 Å². The Hall–Kier alpha value is -0.610. The number of Topliss-reactive ketones (excluding diaryl/α,β-unsaturated/α-hetero) is 1. The molecule has 0 saturated heterocycles. The molecule has 0 fully saturated rings. The van der Waals surface area contributed by atoms with Gasteiger partial charge in [0.2, 0.25) is 0 Å². The van der Waals surface area contributed by atoms with Gasteiger partial charge in [0.15, 0.2) is 16.7 Å². The van der Waals surface area contributed by atoms with Gasteiger partial charge in [-0.15, -0.1) is 0 Å². The summed E-state index contributed by atoms with van der Waals surface area (Å²) in [5.74, 6) is 0.306. The number of aromatic nitrogens is 1. The Labute approximate surface area is 102 Å². The average Bonchev–Trinajstić information content (AvgIpc) is 2.20. The van der Waals surface area contributed by atoms with Crippen molar-refractivity contribution in [1.82, 2.24) is 4.98 Å². The molecule has 0 aliphatic heterocycles. The van der Waals surface area contributed by atoms with Crippen LogP contribution in [0.3, 0.4) is 0 Å². The lowest BCUT2D eigenvalue weighted by molar-refractivity contribution is 0.101. The Bertz CT molecular complexity index is 357. The first-order valence-electron chi connectivity index (χ1n) is 4.51. The van der Waals surface area contributed by atoms with Crippen LogP contribution in [0.5, 0.6) is 5.75 Å². The standard InChI is InChI=1S/C10H11BrClNO2/c1-7(14)8-3-5-13-10(12)9(8)15-6-2-4-11/h3,5H,2,4,6H2,1H3. The fourth-order valence-corrected chi connectivity index (χ4v) is 1.51. The third-order valence-corrected chi connectivity index (χ3v) is 2.59. The molecule has 0 saturated carbocycles. The molecule has 1 rings (SSSR count). The molecular formula is C10H11BrClNO2. The number of pyridine rings is 1. The average molecular weight is 293 g/mol. The van der Waals surface area contributed by atoms with Gasteiger partial charge in [0.25, 0.3) is 0 Å². The van der Waals surface area contributed by atoms with E-state index in [1.165, 1.54) is 13.1 Å². The van der Waals surface area contributed by atoms with Crippen LogP contribution in [0.1, 0.15) is 23.7 Å². The second-order valence-corrected chi connectivity index (χ2v) is 4.08. The lowest BCUT2D eigenvalue weighted by Crippen LogP contribution is -2.04. The minimum Gasteiger partial charge on any atom is -0.490 e. The Morgan fingerprint density at radius 2 is 2.40 bits per heavy atom. The van der Waals surface area contributed by atoms with Crippen molar-refractivity contribution in [1.29, 1.82) is 0 Å².